The molecule has 1 heteroatoms. The van der Waals surface area contributed by atoms with Crippen molar-refractivity contribution in [1.29, 1.82) is 0 Å². The molecule has 0 N–H and O–H groups in total. The Morgan fingerprint density at radius 1 is 0.667 bits per heavy atom. The number of hydrogen-bond donors (Lipinski definition) is 0. The van der Waals surface area contributed by atoms with Crippen LogP contribution in [0, 0.1) is 5.92 Å². The van der Waals surface area contributed by atoms with E-state index in [0.29, 0.717) is 11.8 Å². The van der Waals surface area contributed by atoms with Crippen molar-refractivity contribution in [3.63, 3.8) is 0 Å². The van der Waals surface area contributed by atoms with E-state index < -0.39 is 0 Å². The molecule has 7 rings (SSSR count). The lowest BCUT2D eigenvalue weighted by Crippen LogP contribution is -2.32. The zero-order valence-corrected chi connectivity index (χ0v) is 17.1. The first kappa shape index (κ1) is 16.7. The molecule has 3 unspecified atom stereocenters. The van der Waals surface area contributed by atoms with Gasteiger partial charge in [-0.25, -0.2) is 0 Å². The van der Waals surface area contributed by atoms with E-state index >= 15 is 0 Å². The van der Waals surface area contributed by atoms with E-state index in [1.54, 1.807) is 0 Å². The predicted molar refractivity (Wildman–Crippen MR) is 125 cm³/mol. The zero-order valence-electron chi connectivity index (χ0n) is 16.3. The van der Waals surface area contributed by atoms with Crippen molar-refractivity contribution in [1.82, 2.24) is 0 Å². The van der Waals surface area contributed by atoms with E-state index in [0.717, 1.165) is 5.02 Å². The largest absolute Gasteiger partial charge is 0.0837 e. The molecule has 1 spiro atoms. The highest BCUT2D eigenvalue weighted by molar-refractivity contribution is 6.34. The molecule has 0 amide bonds. The molecule has 0 radical (unpaired) electrons. The van der Waals surface area contributed by atoms with Crippen LogP contribution >= 0.6 is 11.6 Å². The number of hydrogen-bond acceptors (Lipinski definition) is 0. The van der Waals surface area contributed by atoms with Crippen molar-refractivity contribution >= 4 is 22.4 Å². The van der Waals surface area contributed by atoms with Crippen molar-refractivity contribution in [3.05, 3.63) is 130 Å². The smallest absolute Gasteiger partial charge is 0.0538 e. The lowest BCUT2D eigenvalue weighted by atomic mass is 9.65. The SMILES string of the molecule is Clc1cccc2c1-c1ccccc1C21c2cc3ccccc3cc2C2C=CC=CC21. The molecule has 142 valence electrons. The Morgan fingerprint density at radius 2 is 1.40 bits per heavy atom. The van der Waals surface area contributed by atoms with Gasteiger partial charge in [0.05, 0.1) is 5.41 Å². The minimum atomic E-state index is -0.206. The van der Waals surface area contributed by atoms with Gasteiger partial charge >= 0.3 is 0 Å². The Balaban J connectivity index is 1.69. The number of benzene rings is 4. The minimum absolute atomic E-state index is 0.206. The van der Waals surface area contributed by atoms with Crippen molar-refractivity contribution in [2.24, 2.45) is 5.92 Å². The fourth-order valence-corrected chi connectivity index (χ4v) is 6.61. The van der Waals surface area contributed by atoms with Crippen LogP contribution in [0.1, 0.15) is 28.2 Å². The van der Waals surface area contributed by atoms with E-state index in [-0.39, 0.29) is 5.41 Å². The first-order chi connectivity index (χ1) is 14.8. The van der Waals surface area contributed by atoms with Crippen LogP contribution in [-0.4, -0.2) is 0 Å². The summed E-state index contributed by atoms with van der Waals surface area (Å²) in [5, 5.41) is 3.46. The standard InChI is InChI=1S/C29H19Cl/c30-27-15-7-14-25-28(27)21-11-4-6-13-24(21)29(25)23-12-5-3-10-20(23)22-16-18-8-1-2-9-19(18)17-26(22)29/h1-17,20,23H. The second kappa shape index (κ2) is 5.74. The highest BCUT2D eigenvalue weighted by Gasteiger charge is 2.57. The lowest BCUT2D eigenvalue weighted by Gasteiger charge is -2.36. The number of fused-ring (bicyclic) bond motifs is 11. The third-order valence-corrected chi connectivity index (χ3v) is 7.71. The van der Waals surface area contributed by atoms with Gasteiger partial charge in [0, 0.05) is 22.4 Å². The maximum Gasteiger partial charge on any atom is 0.0538 e. The maximum absolute atomic E-state index is 6.82. The average Bonchev–Trinajstić information content (AvgIpc) is 3.25. The van der Waals surface area contributed by atoms with Crippen molar-refractivity contribution in [2.75, 3.05) is 0 Å². The minimum Gasteiger partial charge on any atom is -0.0837 e. The van der Waals surface area contributed by atoms with Crippen molar-refractivity contribution in [3.8, 4) is 11.1 Å². The molecule has 0 aliphatic heterocycles. The summed E-state index contributed by atoms with van der Waals surface area (Å²) in [6, 6.07) is 28.9. The van der Waals surface area contributed by atoms with Gasteiger partial charge < -0.3 is 0 Å². The maximum atomic E-state index is 6.82. The van der Waals surface area contributed by atoms with Gasteiger partial charge in [-0.3, -0.25) is 0 Å². The lowest BCUT2D eigenvalue weighted by molar-refractivity contribution is 0.466. The van der Waals surface area contributed by atoms with Crippen molar-refractivity contribution in [2.45, 2.75) is 11.3 Å². The molecule has 4 aromatic rings. The van der Waals surface area contributed by atoms with E-state index in [1.165, 1.54) is 44.2 Å². The van der Waals surface area contributed by atoms with Gasteiger partial charge in [-0.2, -0.15) is 0 Å². The van der Waals surface area contributed by atoms with E-state index in [4.69, 9.17) is 11.6 Å². The fraction of sp³-hybridized carbons (Fsp3) is 0.103. The molecule has 0 fully saturated rings. The number of allylic oxidation sites excluding steroid dienone is 4. The Labute approximate surface area is 181 Å². The van der Waals surface area contributed by atoms with Gasteiger partial charge in [0.15, 0.2) is 0 Å². The Hall–Kier alpha value is -3.09. The summed E-state index contributed by atoms with van der Waals surface area (Å²) in [6.45, 7) is 0. The predicted octanol–water partition coefficient (Wildman–Crippen LogP) is 7.65. The molecule has 30 heavy (non-hydrogen) atoms. The Bertz CT molecular complexity index is 1420. The van der Waals surface area contributed by atoms with Gasteiger partial charge in [-0.1, -0.05) is 103 Å². The topological polar surface area (TPSA) is 0 Å². The molecule has 4 aromatic carbocycles. The second-order valence-electron chi connectivity index (χ2n) is 8.62. The van der Waals surface area contributed by atoms with Crippen LogP contribution in [0.25, 0.3) is 21.9 Å². The average molecular weight is 403 g/mol. The normalized spacial score (nSPS) is 24.7. The molecule has 3 atom stereocenters. The molecule has 0 heterocycles. The van der Waals surface area contributed by atoms with Gasteiger partial charge in [0.25, 0.3) is 0 Å². The quantitative estimate of drug-likeness (QED) is 0.283. The van der Waals surface area contributed by atoms with Crippen LogP contribution in [0.15, 0.2) is 103 Å². The van der Waals surface area contributed by atoms with Crippen LogP contribution < -0.4 is 0 Å². The van der Waals surface area contributed by atoms with Crippen LogP contribution in [0.5, 0.6) is 0 Å². The summed E-state index contributed by atoms with van der Waals surface area (Å²) >= 11 is 6.82. The molecular formula is C29H19Cl. The van der Waals surface area contributed by atoms with Crippen LogP contribution in [0.4, 0.5) is 0 Å². The molecule has 3 aliphatic rings. The first-order valence-corrected chi connectivity index (χ1v) is 10.9. The summed E-state index contributed by atoms with van der Waals surface area (Å²) in [4.78, 5) is 0. The first-order valence-electron chi connectivity index (χ1n) is 10.6. The summed E-state index contributed by atoms with van der Waals surface area (Å²) in [5.41, 5.74) is 7.89. The molecule has 0 saturated heterocycles. The van der Waals surface area contributed by atoms with Crippen molar-refractivity contribution < 1.29 is 0 Å². The fourth-order valence-electron chi connectivity index (χ4n) is 6.34. The second-order valence-corrected chi connectivity index (χ2v) is 9.03. The van der Waals surface area contributed by atoms with E-state index in [2.05, 4.69) is 97.1 Å². The third-order valence-electron chi connectivity index (χ3n) is 7.40. The zero-order chi connectivity index (χ0) is 19.9. The van der Waals surface area contributed by atoms with Gasteiger partial charge in [-0.05, 0) is 50.7 Å². The third kappa shape index (κ3) is 1.84. The van der Waals surface area contributed by atoms with Gasteiger partial charge in [-0.15, -0.1) is 0 Å². The Morgan fingerprint density at radius 3 is 2.30 bits per heavy atom. The summed E-state index contributed by atoms with van der Waals surface area (Å²) in [5.74, 6) is 0.711. The van der Waals surface area contributed by atoms with Gasteiger partial charge in [0.2, 0.25) is 0 Å². The van der Waals surface area contributed by atoms with E-state index in [1.807, 2.05) is 6.07 Å². The highest BCUT2D eigenvalue weighted by Crippen LogP contribution is 2.66. The van der Waals surface area contributed by atoms with Gasteiger partial charge in [0.1, 0.15) is 0 Å². The van der Waals surface area contributed by atoms with Crippen LogP contribution in [0.2, 0.25) is 5.02 Å². The number of rotatable bonds is 0. The molecular weight excluding hydrogens is 384 g/mol. The molecule has 3 aliphatic carbocycles. The monoisotopic (exact) mass is 402 g/mol. The summed E-state index contributed by atoms with van der Waals surface area (Å²) < 4.78 is 0. The highest BCUT2D eigenvalue weighted by atomic mass is 35.5. The molecule has 0 nitrogen and oxygen atoms in total. The Kier molecular flexibility index (Phi) is 3.19. The molecule has 0 saturated carbocycles. The van der Waals surface area contributed by atoms with Crippen LogP contribution in [0.3, 0.4) is 0 Å². The number of halogens is 1. The summed E-state index contributed by atoms with van der Waals surface area (Å²) in [6.07, 6.45) is 9.23. The molecule has 0 aromatic heterocycles. The summed E-state index contributed by atoms with van der Waals surface area (Å²) in [7, 11) is 0. The van der Waals surface area contributed by atoms with Crippen LogP contribution in [-0.2, 0) is 5.41 Å². The molecule has 0 bridgehead atoms. The van der Waals surface area contributed by atoms with E-state index in [9.17, 15) is 0 Å².